The fraction of sp³-hybridized carbons (Fsp3) is 0.0465. The molecule has 2 heterocycles. The van der Waals surface area contributed by atoms with Crippen molar-refractivity contribution in [3.8, 4) is 22.5 Å². The Morgan fingerprint density at radius 1 is 0.478 bits per heavy atom. The molecule has 216 valence electrons. The maximum Gasteiger partial charge on any atom is 0.136 e. The molecule has 0 saturated heterocycles. The Morgan fingerprint density at radius 3 is 1.52 bits per heavy atom. The summed E-state index contributed by atoms with van der Waals surface area (Å²) in [5, 5.41) is 9.75. The van der Waals surface area contributed by atoms with Gasteiger partial charge in [0.15, 0.2) is 0 Å². The van der Waals surface area contributed by atoms with Crippen molar-refractivity contribution in [2.24, 2.45) is 0 Å². The summed E-state index contributed by atoms with van der Waals surface area (Å²) >= 11 is 0. The molecule has 0 amide bonds. The standard InChI is InChI=1S/C43H29N3/c1-3-13-32-30(11-1)25-38(36-17-7-5-15-34(32)36)41-27-42(39-26-31-12-2-4-14-33(31)35-16-6-8-18-37(35)39)46-43(45-41)29-22-20-28(21-23-29)40-19-9-10-24-44-40/h1-22,24-27,29H,23H2. The van der Waals surface area contributed by atoms with Crippen LogP contribution < -0.4 is 0 Å². The molecule has 0 aliphatic heterocycles. The average molecular weight is 588 g/mol. The molecule has 2 aromatic heterocycles. The van der Waals surface area contributed by atoms with Crippen LogP contribution in [0.25, 0.3) is 71.2 Å². The molecule has 0 saturated carbocycles. The van der Waals surface area contributed by atoms with Crippen molar-refractivity contribution in [3.05, 3.63) is 169 Å². The average Bonchev–Trinajstić information content (AvgIpc) is 3.14. The zero-order valence-electron chi connectivity index (χ0n) is 25.1. The molecule has 1 unspecified atom stereocenters. The number of pyridine rings is 1. The smallest absolute Gasteiger partial charge is 0.136 e. The van der Waals surface area contributed by atoms with Crippen LogP contribution in [0.15, 0.2) is 158 Å². The van der Waals surface area contributed by atoms with Crippen LogP contribution in [0, 0.1) is 0 Å². The highest BCUT2D eigenvalue weighted by Crippen LogP contribution is 2.39. The molecule has 1 aliphatic carbocycles. The first-order valence-electron chi connectivity index (χ1n) is 15.8. The van der Waals surface area contributed by atoms with E-state index in [-0.39, 0.29) is 5.92 Å². The number of fused-ring (bicyclic) bond motifs is 6. The fourth-order valence-electron chi connectivity index (χ4n) is 6.98. The molecule has 0 spiro atoms. The van der Waals surface area contributed by atoms with E-state index in [1.165, 1.54) is 43.1 Å². The first kappa shape index (κ1) is 26.5. The second kappa shape index (κ2) is 10.9. The molecule has 0 radical (unpaired) electrons. The Balaban J connectivity index is 1.28. The Morgan fingerprint density at radius 2 is 1.00 bits per heavy atom. The predicted octanol–water partition coefficient (Wildman–Crippen LogP) is 10.9. The SMILES string of the molecule is C1=CC(c2nc(-c3cc4ccccc4c4ccccc34)cc(-c3cc4ccccc4c4ccccc34)n2)CC=C1c1ccccn1. The van der Waals surface area contributed by atoms with Gasteiger partial charge < -0.3 is 0 Å². The van der Waals surface area contributed by atoms with Crippen molar-refractivity contribution >= 4 is 48.7 Å². The molecule has 3 nitrogen and oxygen atoms in total. The van der Waals surface area contributed by atoms with Gasteiger partial charge in [-0.05, 0) is 85.4 Å². The molecule has 0 N–H and O–H groups in total. The predicted molar refractivity (Wildman–Crippen MR) is 192 cm³/mol. The lowest BCUT2D eigenvalue weighted by Crippen LogP contribution is -2.07. The summed E-state index contributed by atoms with van der Waals surface area (Å²) in [6, 6.07) is 47.4. The minimum Gasteiger partial charge on any atom is -0.256 e. The second-order valence-corrected chi connectivity index (χ2v) is 12.0. The fourth-order valence-corrected chi connectivity index (χ4v) is 6.98. The molecule has 1 aliphatic rings. The van der Waals surface area contributed by atoms with Crippen molar-refractivity contribution in [2.45, 2.75) is 12.3 Å². The second-order valence-electron chi connectivity index (χ2n) is 12.0. The number of allylic oxidation sites excluding steroid dienone is 4. The van der Waals surface area contributed by atoms with Crippen LogP contribution >= 0.6 is 0 Å². The van der Waals surface area contributed by atoms with E-state index in [2.05, 4.69) is 145 Å². The van der Waals surface area contributed by atoms with Crippen molar-refractivity contribution < 1.29 is 0 Å². The summed E-state index contributed by atoms with van der Waals surface area (Å²) in [5.74, 6) is 0.874. The summed E-state index contributed by atoms with van der Waals surface area (Å²) in [4.78, 5) is 15.2. The summed E-state index contributed by atoms with van der Waals surface area (Å²) in [5.41, 5.74) is 6.23. The van der Waals surface area contributed by atoms with Crippen LogP contribution in [0.2, 0.25) is 0 Å². The van der Waals surface area contributed by atoms with Crippen molar-refractivity contribution in [3.63, 3.8) is 0 Å². The number of nitrogens with zero attached hydrogens (tertiary/aromatic N) is 3. The van der Waals surface area contributed by atoms with Gasteiger partial charge in [0.05, 0.1) is 17.1 Å². The van der Waals surface area contributed by atoms with Gasteiger partial charge in [0.1, 0.15) is 5.82 Å². The lowest BCUT2D eigenvalue weighted by molar-refractivity contribution is 0.777. The van der Waals surface area contributed by atoms with Gasteiger partial charge in [-0.1, -0.05) is 121 Å². The molecule has 8 aromatic rings. The Kier molecular flexibility index (Phi) is 6.27. The van der Waals surface area contributed by atoms with Crippen LogP contribution in [-0.2, 0) is 0 Å². The molecule has 0 fully saturated rings. The number of benzene rings is 6. The highest BCUT2D eigenvalue weighted by atomic mass is 14.9. The number of hydrogen-bond acceptors (Lipinski definition) is 3. The van der Waals surface area contributed by atoms with Crippen molar-refractivity contribution in [1.82, 2.24) is 15.0 Å². The van der Waals surface area contributed by atoms with Gasteiger partial charge in [-0.25, -0.2) is 9.97 Å². The van der Waals surface area contributed by atoms with Crippen molar-refractivity contribution in [2.75, 3.05) is 0 Å². The topological polar surface area (TPSA) is 38.7 Å². The van der Waals surface area contributed by atoms with Crippen LogP contribution in [-0.4, -0.2) is 15.0 Å². The largest absolute Gasteiger partial charge is 0.256 e. The monoisotopic (exact) mass is 587 g/mol. The maximum atomic E-state index is 5.34. The van der Waals surface area contributed by atoms with Gasteiger partial charge in [0.2, 0.25) is 0 Å². The highest BCUT2D eigenvalue weighted by molar-refractivity contribution is 6.15. The zero-order valence-corrected chi connectivity index (χ0v) is 25.1. The number of hydrogen-bond donors (Lipinski definition) is 0. The minimum atomic E-state index is 0.0459. The number of aromatic nitrogens is 3. The summed E-state index contributed by atoms with van der Waals surface area (Å²) in [6.07, 6.45) is 9.32. The molecular formula is C43H29N3. The first-order valence-corrected chi connectivity index (χ1v) is 15.8. The van der Waals surface area contributed by atoms with Crippen LogP contribution in [0.1, 0.15) is 23.9 Å². The Labute approximate surface area is 267 Å². The third-order valence-corrected chi connectivity index (χ3v) is 9.22. The quantitative estimate of drug-likeness (QED) is 0.192. The molecule has 9 rings (SSSR count). The first-order chi connectivity index (χ1) is 22.8. The Bertz CT molecular complexity index is 2370. The molecule has 46 heavy (non-hydrogen) atoms. The van der Waals surface area contributed by atoms with Gasteiger partial charge in [0, 0.05) is 23.2 Å². The van der Waals surface area contributed by atoms with Crippen LogP contribution in [0.3, 0.4) is 0 Å². The van der Waals surface area contributed by atoms with E-state index >= 15 is 0 Å². The maximum absolute atomic E-state index is 5.34. The third-order valence-electron chi connectivity index (χ3n) is 9.22. The summed E-state index contributed by atoms with van der Waals surface area (Å²) in [7, 11) is 0. The van der Waals surface area contributed by atoms with Gasteiger partial charge >= 0.3 is 0 Å². The van der Waals surface area contributed by atoms with E-state index in [0.29, 0.717) is 0 Å². The van der Waals surface area contributed by atoms with Gasteiger partial charge in [0.25, 0.3) is 0 Å². The molecular weight excluding hydrogens is 558 g/mol. The minimum absolute atomic E-state index is 0.0459. The van der Waals surface area contributed by atoms with E-state index in [4.69, 9.17) is 9.97 Å². The normalized spacial score (nSPS) is 14.7. The van der Waals surface area contributed by atoms with E-state index in [0.717, 1.165) is 46.0 Å². The van der Waals surface area contributed by atoms with Crippen LogP contribution in [0.5, 0.6) is 0 Å². The zero-order chi connectivity index (χ0) is 30.5. The molecule has 1 atom stereocenters. The molecule has 6 aromatic carbocycles. The Hall–Kier alpha value is -5.93. The van der Waals surface area contributed by atoms with E-state index in [1.54, 1.807) is 0 Å². The summed E-state index contributed by atoms with van der Waals surface area (Å²) in [6.45, 7) is 0. The van der Waals surface area contributed by atoms with E-state index < -0.39 is 0 Å². The van der Waals surface area contributed by atoms with E-state index in [1.807, 2.05) is 18.3 Å². The van der Waals surface area contributed by atoms with E-state index in [9.17, 15) is 0 Å². The van der Waals surface area contributed by atoms with Crippen molar-refractivity contribution in [1.29, 1.82) is 0 Å². The van der Waals surface area contributed by atoms with Crippen LogP contribution in [0.4, 0.5) is 0 Å². The molecule has 3 heteroatoms. The lowest BCUT2D eigenvalue weighted by Gasteiger charge is -2.19. The van der Waals surface area contributed by atoms with Gasteiger partial charge in [-0.2, -0.15) is 0 Å². The molecule has 0 bridgehead atoms. The van der Waals surface area contributed by atoms with Gasteiger partial charge in [-0.3, -0.25) is 4.98 Å². The third kappa shape index (κ3) is 4.48. The highest BCUT2D eigenvalue weighted by Gasteiger charge is 2.21. The summed E-state index contributed by atoms with van der Waals surface area (Å²) < 4.78 is 0. The van der Waals surface area contributed by atoms with Gasteiger partial charge in [-0.15, -0.1) is 0 Å². The number of rotatable bonds is 4. The lowest BCUT2D eigenvalue weighted by atomic mass is 9.91.